The third-order valence-electron chi connectivity index (χ3n) is 3.51. The zero-order valence-electron chi connectivity index (χ0n) is 13.8. The summed E-state index contributed by atoms with van der Waals surface area (Å²) < 4.78 is 48.8. The number of ether oxygens (including phenoxy) is 2. The summed E-state index contributed by atoms with van der Waals surface area (Å²) in [7, 11) is 1.55. The molecule has 0 fully saturated rings. The lowest BCUT2D eigenvalue weighted by molar-refractivity contribution is -0.139. The molecule has 0 unspecified atom stereocenters. The SMILES string of the molecule is COc1cc(CNC(=O)COc2ccccc2C(F)(F)F)ccc1C. The average Bonchev–Trinajstić information content (AvgIpc) is 2.58. The van der Waals surface area contributed by atoms with E-state index in [0.717, 1.165) is 17.2 Å². The van der Waals surface area contributed by atoms with Gasteiger partial charge in [0.05, 0.1) is 12.7 Å². The van der Waals surface area contributed by atoms with E-state index in [1.54, 1.807) is 13.2 Å². The fourth-order valence-corrected chi connectivity index (χ4v) is 2.20. The van der Waals surface area contributed by atoms with Crippen LogP contribution in [0.5, 0.6) is 11.5 Å². The molecule has 2 aromatic carbocycles. The van der Waals surface area contributed by atoms with E-state index < -0.39 is 24.3 Å². The summed E-state index contributed by atoms with van der Waals surface area (Å²) in [6.45, 7) is 1.61. The van der Waals surface area contributed by atoms with E-state index in [2.05, 4.69) is 5.32 Å². The van der Waals surface area contributed by atoms with Crippen molar-refractivity contribution in [2.45, 2.75) is 19.6 Å². The molecular weight excluding hydrogens is 335 g/mol. The van der Waals surface area contributed by atoms with Crippen molar-refractivity contribution in [3.63, 3.8) is 0 Å². The molecular formula is C18H18F3NO3. The topological polar surface area (TPSA) is 47.6 Å². The molecule has 4 nitrogen and oxygen atoms in total. The maximum Gasteiger partial charge on any atom is 0.419 e. The van der Waals surface area contributed by atoms with E-state index in [1.165, 1.54) is 18.2 Å². The molecule has 0 heterocycles. The van der Waals surface area contributed by atoms with Crippen LogP contribution in [0.1, 0.15) is 16.7 Å². The zero-order chi connectivity index (χ0) is 18.4. The minimum Gasteiger partial charge on any atom is -0.496 e. The van der Waals surface area contributed by atoms with Crippen molar-refractivity contribution in [3.8, 4) is 11.5 Å². The quantitative estimate of drug-likeness (QED) is 0.861. The van der Waals surface area contributed by atoms with E-state index in [1.807, 2.05) is 19.1 Å². The van der Waals surface area contributed by atoms with Crippen molar-refractivity contribution in [1.82, 2.24) is 5.32 Å². The van der Waals surface area contributed by atoms with Gasteiger partial charge in [0.1, 0.15) is 11.5 Å². The van der Waals surface area contributed by atoms with Crippen molar-refractivity contribution in [2.75, 3.05) is 13.7 Å². The summed E-state index contributed by atoms with van der Waals surface area (Å²) in [6.07, 6.45) is -4.54. The van der Waals surface area contributed by atoms with Gasteiger partial charge in [0.2, 0.25) is 0 Å². The molecule has 0 atom stereocenters. The Morgan fingerprint density at radius 1 is 1.12 bits per heavy atom. The van der Waals surface area contributed by atoms with Gasteiger partial charge in [0, 0.05) is 6.54 Å². The maximum atomic E-state index is 12.9. The lowest BCUT2D eigenvalue weighted by Crippen LogP contribution is -2.28. The molecule has 2 aromatic rings. The van der Waals surface area contributed by atoms with Gasteiger partial charge in [-0.3, -0.25) is 4.79 Å². The monoisotopic (exact) mass is 353 g/mol. The third-order valence-corrected chi connectivity index (χ3v) is 3.51. The van der Waals surface area contributed by atoms with Crippen molar-refractivity contribution >= 4 is 5.91 Å². The summed E-state index contributed by atoms with van der Waals surface area (Å²) in [5.74, 6) is -0.194. The van der Waals surface area contributed by atoms with Crippen LogP contribution in [0.4, 0.5) is 13.2 Å². The van der Waals surface area contributed by atoms with E-state index >= 15 is 0 Å². The highest BCUT2D eigenvalue weighted by molar-refractivity contribution is 5.77. The first-order valence-corrected chi connectivity index (χ1v) is 7.50. The van der Waals surface area contributed by atoms with Crippen molar-refractivity contribution in [3.05, 3.63) is 59.2 Å². The minimum atomic E-state index is -4.54. The van der Waals surface area contributed by atoms with E-state index in [-0.39, 0.29) is 12.3 Å². The predicted octanol–water partition coefficient (Wildman–Crippen LogP) is 3.72. The number of para-hydroxylation sites is 1. The number of rotatable bonds is 6. The molecule has 0 bridgehead atoms. The van der Waals surface area contributed by atoms with Crippen molar-refractivity contribution < 1.29 is 27.4 Å². The summed E-state index contributed by atoms with van der Waals surface area (Å²) in [5, 5.41) is 2.60. The Morgan fingerprint density at radius 2 is 1.84 bits per heavy atom. The molecule has 0 saturated carbocycles. The molecule has 0 aromatic heterocycles. The molecule has 0 saturated heterocycles. The number of hydrogen-bond donors (Lipinski definition) is 1. The third kappa shape index (κ3) is 5.14. The van der Waals surface area contributed by atoms with Gasteiger partial charge >= 0.3 is 6.18 Å². The Bertz CT molecular complexity index is 745. The molecule has 2 rings (SSSR count). The van der Waals surface area contributed by atoms with E-state index in [4.69, 9.17) is 9.47 Å². The van der Waals surface area contributed by atoms with Gasteiger partial charge in [-0.2, -0.15) is 13.2 Å². The van der Waals surface area contributed by atoms with Crippen LogP contribution < -0.4 is 14.8 Å². The molecule has 0 aliphatic rings. The highest BCUT2D eigenvalue weighted by atomic mass is 19.4. The average molecular weight is 353 g/mol. The molecule has 25 heavy (non-hydrogen) atoms. The summed E-state index contributed by atoms with van der Waals surface area (Å²) >= 11 is 0. The van der Waals surface area contributed by atoms with Crippen LogP contribution in [-0.4, -0.2) is 19.6 Å². The highest BCUT2D eigenvalue weighted by Gasteiger charge is 2.34. The summed E-state index contributed by atoms with van der Waals surface area (Å²) in [6, 6.07) is 10.2. The smallest absolute Gasteiger partial charge is 0.419 e. The van der Waals surface area contributed by atoms with Gasteiger partial charge in [0.25, 0.3) is 5.91 Å². The Kier molecular flexibility index (Phi) is 5.90. The Labute approximate surface area is 143 Å². The lowest BCUT2D eigenvalue weighted by atomic mass is 10.1. The van der Waals surface area contributed by atoms with Gasteiger partial charge in [-0.15, -0.1) is 0 Å². The standard InChI is InChI=1S/C18H18F3NO3/c1-12-7-8-13(9-16(12)24-2)10-22-17(23)11-25-15-6-4-3-5-14(15)18(19,20)21/h3-9H,10-11H2,1-2H3,(H,22,23). The van der Waals surface area contributed by atoms with Gasteiger partial charge in [-0.1, -0.05) is 24.3 Å². The summed E-state index contributed by atoms with van der Waals surface area (Å²) in [5.41, 5.74) is 0.863. The molecule has 0 aliphatic heterocycles. The van der Waals surface area contributed by atoms with Gasteiger partial charge < -0.3 is 14.8 Å². The number of benzene rings is 2. The number of carbonyl (C=O) groups excluding carboxylic acids is 1. The normalized spacial score (nSPS) is 11.1. The van der Waals surface area contributed by atoms with Crippen LogP contribution in [-0.2, 0) is 17.5 Å². The van der Waals surface area contributed by atoms with Crippen LogP contribution in [0.15, 0.2) is 42.5 Å². The molecule has 1 N–H and O–H groups in total. The molecule has 7 heteroatoms. The second kappa shape index (κ2) is 7.92. The first-order chi connectivity index (χ1) is 11.8. The lowest BCUT2D eigenvalue weighted by Gasteiger charge is -2.14. The number of methoxy groups -OCH3 is 1. The number of aryl methyl sites for hydroxylation is 1. The fraction of sp³-hybridized carbons (Fsp3) is 0.278. The molecule has 1 amide bonds. The van der Waals surface area contributed by atoms with Gasteiger partial charge in [0.15, 0.2) is 6.61 Å². The number of halogens is 3. The minimum absolute atomic E-state index is 0.222. The van der Waals surface area contributed by atoms with Crippen LogP contribution in [0.3, 0.4) is 0 Å². The van der Waals surface area contributed by atoms with Crippen LogP contribution >= 0.6 is 0 Å². The zero-order valence-corrected chi connectivity index (χ0v) is 13.8. The largest absolute Gasteiger partial charge is 0.496 e. The Balaban J connectivity index is 1.92. The van der Waals surface area contributed by atoms with E-state index in [0.29, 0.717) is 5.75 Å². The molecule has 134 valence electrons. The number of alkyl halides is 3. The van der Waals surface area contributed by atoms with Crippen molar-refractivity contribution in [1.29, 1.82) is 0 Å². The van der Waals surface area contributed by atoms with Gasteiger partial charge in [-0.25, -0.2) is 0 Å². The first kappa shape index (κ1) is 18.6. The van der Waals surface area contributed by atoms with Gasteiger partial charge in [-0.05, 0) is 36.2 Å². The summed E-state index contributed by atoms with van der Waals surface area (Å²) in [4.78, 5) is 11.8. The second-order valence-corrected chi connectivity index (χ2v) is 5.36. The molecule has 0 aliphatic carbocycles. The fourth-order valence-electron chi connectivity index (χ4n) is 2.20. The predicted molar refractivity (Wildman–Crippen MR) is 86.5 cm³/mol. The number of hydrogen-bond acceptors (Lipinski definition) is 3. The maximum absolute atomic E-state index is 12.9. The highest BCUT2D eigenvalue weighted by Crippen LogP contribution is 2.35. The van der Waals surface area contributed by atoms with Crippen LogP contribution in [0.2, 0.25) is 0 Å². The first-order valence-electron chi connectivity index (χ1n) is 7.50. The van der Waals surface area contributed by atoms with Crippen LogP contribution in [0, 0.1) is 6.92 Å². The molecule has 0 radical (unpaired) electrons. The number of amides is 1. The molecule has 0 spiro atoms. The number of nitrogens with one attached hydrogen (secondary N) is 1. The van der Waals surface area contributed by atoms with E-state index in [9.17, 15) is 18.0 Å². The van der Waals surface area contributed by atoms with Crippen LogP contribution in [0.25, 0.3) is 0 Å². The van der Waals surface area contributed by atoms with Crippen molar-refractivity contribution in [2.24, 2.45) is 0 Å². The number of carbonyl (C=O) groups is 1. The Morgan fingerprint density at radius 3 is 2.52 bits per heavy atom. The second-order valence-electron chi connectivity index (χ2n) is 5.36. The Hall–Kier alpha value is -2.70.